The standard InChI is InChI=1S/C21H20N2O3/c24-20-17-2-1-3-18-19(17)15(10-11-22-20)12-16(23-18)9-6-13-4-7-14(8-5-13)21(25)26/h1-5,7-8,15H,6,9-12H2,(H,22,24)(H,25,26). The molecule has 2 heterocycles. The van der Waals surface area contributed by atoms with E-state index >= 15 is 0 Å². The number of carboxylic acid groups (broad SMARTS) is 1. The van der Waals surface area contributed by atoms with Gasteiger partial charge in [-0.25, -0.2) is 4.79 Å². The van der Waals surface area contributed by atoms with Crippen molar-refractivity contribution >= 4 is 23.3 Å². The summed E-state index contributed by atoms with van der Waals surface area (Å²) in [5, 5.41) is 11.9. The summed E-state index contributed by atoms with van der Waals surface area (Å²) < 4.78 is 0. The molecule has 2 N–H and O–H groups in total. The second-order valence-corrected chi connectivity index (χ2v) is 6.86. The molecule has 4 rings (SSSR count). The van der Waals surface area contributed by atoms with E-state index in [9.17, 15) is 9.59 Å². The maximum Gasteiger partial charge on any atom is 0.335 e. The maximum atomic E-state index is 12.2. The molecule has 0 radical (unpaired) electrons. The highest BCUT2D eigenvalue weighted by Crippen LogP contribution is 2.40. The minimum atomic E-state index is -0.905. The molecule has 26 heavy (non-hydrogen) atoms. The predicted octanol–water partition coefficient (Wildman–Crippen LogP) is 3.71. The molecule has 1 atom stereocenters. The molecule has 5 heteroatoms. The molecule has 1 unspecified atom stereocenters. The first-order valence-electron chi connectivity index (χ1n) is 8.91. The molecule has 0 fully saturated rings. The van der Waals surface area contributed by atoms with Gasteiger partial charge in [0, 0.05) is 17.8 Å². The topological polar surface area (TPSA) is 78.8 Å². The van der Waals surface area contributed by atoms with Gasteiger partial charge >= 0.3 is 5.97 Å². The van der Waals surface area contributed by atoms with Crippen LogP contribution in [0.5, 0.6) is 0 Å². The van der Waals surface area contributed by atoms with Crippen LogP contribution in [0.1, 0.15) is 57.0 Å². The Balaban J connectivity index is 1.54. The molecule has 2 aliphatic rings. The number of amides is 1. The van der Waals surface area contributed by atoms with Gasteiger partial charge in [-0.1, -0.05) is 18.2 Å². The number of rotatable bonds is 4. The Morgan fingerprint density at radius 2 is 1.96 bits per heavy atom. The summed E-state index contributed by atoms with van der Waals surface area (Å²) in [6.45, 7) is 0.696. The van der Waals surface area contributed by atoms with Crippen LogP contribution in [0, 0.1) is 0 Å². The quantitative estimate of drug-likeness (QED) is 0.884. The summed E-state index contributed by atoms with van der Waals surface area (Å²) in [7, 11) is 0. The number of nitrogens with one attached hydrogen (secondary N) is 1. The molecule has 2 aromatic carbocycles. The average Bonchev–Trinajstić information content (AvgIpc) is 2.81. The van der Waals surface area contributed by atoms with Crippen LogP contribution < -0.4 is 5.32 Å². The number of carbonyl (C=O) groups is 2. The van der Waals surface area contributed by atoms with E-state index in [0.29, 0.717) is 18.0 Å². The summed E-state index contributed by atoms with van der Waals surface area (Å²) in [6.07, 6.45) is 3.49. The Morgan fingerprint density at radius 3 is 2.73 bits per heavy atom. The summed E-state index contributed by atoms with van der Waals surface area (Å²) in [5.41, 5.74) is 5.34. The number of benzene rings is 2. The lowest BCUT2D eigenvalue weighted by Gasteiger charge is -2.24. The zero-order valence-corrected chi connectivity index (χ0v) is 14.4. The smallest absolute Gasteiger partial charge is 0.335 e. The van der Waals surface area contributed by atoms with Gasteiger partial charge in [0.1, 0.15) is 0 Å². The zero-order chi connectivity index (χ0) is 18.1. The van der Waals surface area contributed by atoms with Crippen molar-refractivity contribution < 1.29 is 14.7 Å². The number of aliphatic imine (C=N–C) groups is 1. The number of carbonyl (C=O) groups excluding carboxylic acids is 1. The molecule has 2 aliphatic heterocycles. The minimum absolute atomic E-state index is 0.00141. The summed E-state index contributed by atoms with van der Waals surface area (Å²) in [4.78, 5) is 28.0. The highest BCUT2D eigenvalue weighted by Gasteiger charge is 2.29. The van der Waals surface area contributed by atoms with Crippen molar-refractivity contribution in [1.82, 2.24) is 5.32 Å². The van der Waals surface area contributed by atoms with E-state index < -0.39 is 5.97 Å². The molecule has 0 saturated carbocycles. The Morgan fingerprint density at radius 1 is 1.15 bits per heavy atom. The molecular weight excluding hydrogens is 328 g/mol. The van der Waals surface area contributed by atoms with Crippen molar-refractivity contribution in [3.05, 3.63) is 64.7 Å². The number of aromatic carboxylic acids is 1. The second-order valence-electron chi connectivity index (χ2n) is 6.86. The molecular formula is C21H20N2O3. The van der Waals surface area contributed by atoms with Crippen LogP contribution in [0.2, 0.25) is 0 Å². The Bertz CT molecular complexity index is 900. The van der Waals surface area contributed by atoms with Crippen LogP contribution in [0.4, 0.5) is 5.69 Å². The maximum absolute atomic E-state index is 12.2. The first kappa shape index (κ1) is 16.5. The lowest BCUT2D eigenvalue weighted by molar-refractivity contribution is 0.0696. The van der Waals surface area contributed by atoms with E-state index in [2.05, 4.69) is 5.32 Å². The number of hydrogen-bond acceptors (Lipinski definition) is 3. The van der Waals surface area contributed by atoms with Gasteiger partial charge in [0.25, 0.3) is 5.91 Å². The fourth-order valence-corrected chi connectivity index (χ4v) is 3.84. The van der Waals surface area contributed by atoms with Gasteiger partial charge in [0.15, 0.2) is 0 Å². The summed E-state index contributed by atoms with van der Waals surface area (Å²) >= 11 is 0. The first-order chi connectivity index (χ1) is 12.6. The lowest BCUT2D eigenvalue weighted by Crippen LogP contribution is -2.22. The molecule has 0 saturated heterocycles. The molecule has 0 spiro atoms. The highest BCUT2D eigenvalue weighted by molar-refractivity contribution is 6.00. The van der Waals surface area contributed by atoms with E-state index in [1.165, 1.54) is 0 Å². The second kappa shape index (κ2) is 6.75. The minimum Gasteiger partial charge on any atom is -0.478 e. The van der Waals surface area contributed by atoms with Crippen LogP contribution in [0.25, 0.3) is 0 Å². The van der Waals surface area contributed by atoms with Gasteiger partial charge in [0.05, 0.1) is 11.3 Å². The van der Waals surface area contributed by atoms with Crippen LogP contribution in [-0.2, 0) is 6.42 Å². The highest BCUT2D eigenvalue weighted by atomic mass is 16.4. The third-order valence-electron chi connectivity index (χ3n) is 5.18. The van der Waals surface area contributed by atoms with E-state index in [0.717, 1.165) is 53.8 Å². The molecule has 5 nitrogen and oxygen atoms in total. The van der Waals surface area contributed by atoms with Crippen LogP contribution in [0.15, 0.2) is 47.5 Å². The Labute approximate surface area is 151 Å². The van der Waals surface area contributed by atoms with Gasteiger partial charge in [-0.15, -0.1) is 0 Å². The van der Waals surface area contributed by atoms with E-state index in [1.807, 2.05) is 30.3 Å². The molecule has 1 amide bonds. The van der Waals surface area contributed by atoms with Crippen LogP contribution in [-0.4, -0.2) is 29.2 Å². The SMILES string of the molecule is O=C(O)c1ccc(CCC2=Nc3cccc4c3C(CCNC4=O)C2)cc1. The molecule has 0 bridgehead atoms. The number of aryl methyl sites for hydroxylation is 1. The lowest BCUT2D eigenvalue weighted by atomic mass is 9.83. The van der Waals surface area contributed by atoms with Crippen LogP contribution in [0.3, 0.4) is 0 Å². The van der Waals surface area contributed by atoms with Gasteiger partial charge < -0.3 is 10.4 Å². The van der Waals surface area contributed by atoms with Crippen molar-refractivity contribution in [2.24, 2.45) is 4.99 Å². The van der Waals surface area contributed by atoms with Crippen molar-refractivity contribution in [3.8, 4) is 0 Å². The predicted molar refractivity (Wildman–Crippen MR) is 99.6 cm³/mol. The van der Waals surface area contributed by atoms with Crippen molar-refractivity contribution in [2.45, 2.75) is 31.6 Å². The monoisotopic (exact) mass is 348 g/mol. The van der Waals surface area contributed by atoms with Crippen molar-refractivity contribution in [3.63, 3.8) is 0 Å². The van der Waals surface area contributed by atoms with Crippen molar-refractivity contribution in [1.29, 1.82) is 0 Å². The Hall–Kier alpha value is -2.95. The van der Waals surface area contributed by atoms with E-state index in [-0.39, 0.29) is 5.91 Å². The fourth-order valence-electron chi connectivity index (χ4n) is 3.84. The fraction of sp³-hybridized carbons (Fsp3) is 0.286. The largest absolute Gasteiger partial charge is 0.478 e. The first-order valence-corrected chi connectivity index (χ1v) is 8.91. The van der Waals surface area contributed by atoms with E-state index in [4.69, 9.17) is 10.1 Å². The molecule has 2 aromatic rings. The molecule has 0 aromatic heterocycles. The van der Waals surface area contributed by atoms with Gasteiger partial charge in [-0.05, 0) is 67.0 Å². The third kappa shape index (κ3) is 3.12. The summed E-state index contributed by atoms with van der Waals surface area (Å²) in [6, 6.07) is 12.8. The number of carboxylic acids is 1. The zero-order valence-electron chi connectivity index (χ0n) is 14.4. The summed E-state index contributed by atoms with van der Waals surface area (Å²) in [5.74, 6) is -0.569. The number of nitrogens with zero attached hydrogens (tertiary/aromatic N) is 1. The van der Waals surface area contributed by atoms with Crippen molar-refractivity contribution in [2.75, 3.05) is 6.54 Å². The van der Waals surface area contributed by atoms with Gasteiger partial charge in [-0.3, -0.25) is 9.79 Å². The number of hydrogen-bond donors (Lipinski definition) is 2. The normalized spacial score (nSPS) is 18.4. The third-order valence-corrected chi connectivity index (χ3v) is 5.18. The van der Waals surface area contributed by atoms with Gasteiger partial charge in [-0.2, -0.15) is 0 Å². The average molecular weight is 348 g/mol. The Kier molecular flexibility index (Phi) is 4.29. The van der Waals surface area contributed by atoms with E-state index in [1.54, 1.807) is 12.1 Å². The van der Waals surface area contributed by atoms with Crippen LogP contribution >= 0.6 is 0 Å². The molecule has 132 valence electrons. The van der Waals surface area contributed by atoms with Gasteiger partial charge in [0.2, 0.25) is 0 Å². The molecule has 0 aliphatic carbocycles.